The van der Waals surface area contributed by atoms with E-state index >= 15 is 0 Å². The summed E-state index contributed by atoms with van der Waals surface area (Å²) < 4.78 is 4.70. The molecule has 3 N–H and O–H groups in total. The number of hydrogen-bond donors (Lipinski definition) is 2. The highest BCUT2D eigenvalue weighted by atomic mass is 32.2. The van der Waals surface area contributed by atoms with E-state index in [1.165, 1.54) is 7.11 Å². The number of hydrogen-bond acceptors (Lipinski definition) is 5. The fraction of sp³-hybridized carbons (Fsp3) is 0.833. The first-order chi connectivity index (χ1) is 8.47. The predicted octanol–water partition coefficient (Wildman–Crippen LogP) is 0.771. The number of ether oxygens (including phenoxy) is 1. The Labute approximate surface area is 113 Å². The van der Waals surface area contributed by atoms with Crippen LogP contribution >= 0.6 is 11.8 Å². The summed E-state index contributed by atoms with van der Waals surface area (Å²) in [5, 5.41) is 2.68. The van der Waals surface area contributed by atoms with Gasteiger partial charge < -0.3 is 15.8 Å². The maximum absolute atomic E-state index is 11.8. The van der Waals surface area contributed by atoms with Crippen LogP contribution in [0.2, 0.25) is 0 Å². The van der Waals surface area contributed by atoms with Gasteiger partial charge in [0.2, 0.25) is 5.91 Å². The average Bonchev–Trinajstić information content (AvgIpc) is 2.39. The zero-order valence-electron chi connectivity index (χ0n) is 11.6. The van der Waals surface area contributed by atoms with E-state index in [1.807, 2.05) is 20.1 Å². The first-order valence-electron chi connectivity index (χ1n) is 6.10. The zero-order valence-corrected chi connectivity index (χ0v) is 12.4. The highest BCUT2D eigenvalue weighted by Crippen LogP contribution is 2.10. The Morgan fingerprint density at radius 1 is 1.44 bits per heavy atom. The number of carbonyl (C=O) groups is 2. The molecule has 0 aliphatic carbocycles. The summed E-state index contributed by atoms with van der Waals surface area (Å²) in [4.78, 5) is 23.4. The molecule has 0 saturated heterocycles. The highest BCUT2D eigenvalue weighted by Gasteiger charge is 2.28. The van der Waals surface area contributed by atoms with Gasteiger partial charge in [0.05, 0.1) is 13.2 Å². The molecule has 1 amide bonds. The molecule has 0 rings (SSSR count). The van der Waals surface area contributed by atoms with Crippen molar-refractivity contribution in [1.82, 2.24) is 5.32 Å². The van der Waals surface area contributed by atoms with Gasteiger partial charge in [-0.2, -0.15) is 11.8 Å². The van der Waals surface area contributed by atoms with Gasteiger partial charge in [-0.05, 0) is 24.3 Å². The summed E-state index contributed by atoms with van der Waals surface area (Å²) in [6.45, 7) is 3.86. The van der Waals surface area contributed by atoms with Gasteiger partial charge in [-0.1, -0.05) is 20.3 Å². The second-order valence-corrected chi connectivity index (χ2v) is 5.27. The van der Waals surface area contributed by atoms with Crippen LogP contribution in [-0.4, -0.2) is 43.1 Å². The molecule has 0 bridgehead atoms. The van der Waals surface area contributed by atoms with Crippen LogP contribution in [0, 0.1) is 5.92 Å². The van der Waals surface area contributed by atoms with Crippen molar-refractivity contribution in [2.24, 2.45) is 11.7 Å². The van der Waals surface area contributed by atoms with E-state index in [1.54, 1.807) is 11.8 Å². The lowest BCUT2D eigenvalue weighted by atomic mass is 9.99. The smallest absolute Gasteiger partial charge is 0.328 e. The molecule has 3 unspecified atom stereocenters. The van der Waals surface area contributed by atoms with E-state index in [-0.39, 0.29) is 11.8 Å². The normalized spacial score (nSPS) is 15.6. The summed E-state index contributed by atoms with van der Waals surface area (Å²) in [5.41, 5.74) is 5.76. The van der Waals surface area contributed by atoms with E-state index in [0.29, 0.717) is 6.42 Å². The van der Waals surface area contributed by atoms with E-state index in [2.05, 4.69) is 5.32 Å². The van der Waals surface area contributed by atoms with Crippen molar-refractivity contribution in [3.8, 4) is 0 Å². The van der Waals surface area contributed by atoms with Gasteiger partial charge in [0.15, 0.2) is 0 Å². The number of amides is 1. The average molecular weight is 276 g/mol. The van der Waals surface area contributed by atoms with Gasteiger partial charge in [0.25, 0.3) is 0 Å². The lowest BCUT2D eigenvalue weighted by Gasteiger charge is -2.23. The van der Waals surface area contributed by atoms with Crippen molar-refractivity contribution in [3.05, 3.63) is 0 Å². The van der Waals surface area contributed by atoms with Crippen molar-refractivity contribution in [3.63, 3.8) is 0 Å². The maximum Gasteiger partial charge on any atom is 0.328 e. The van der Waals surface area contributed by atoms with Crippen LogP contribution in [0.15, 0.2) is 0 Å². The van der Waals surface area contributed by atoms with Crippen LogP contribution in [0.25, 0.3) is 0 Å². The Bertz CT molecular complexity index is 274. The first-order valence-corrected chi connectivity index (χ1v) is 7.50. The monoisotopic (exact) mass is 276 g/mol. The first kappa shape index (κ1) is 17.2. The van der Waals surface area contributed by atoms with Gasteiger partial charge in [0.1, 0.15) is 6.04 Å². The number of rotatable bonds is 8. The SMILES string of the molecule is CCC(C)C(NC(=O)C(N)CCSC)C(=O)OC. The fourth-order valence-corrected chi connectivity index (χ4v) is 1.92. The van der Waals surface area contributed by atoms with E-state index in [0.717, 1.165) is 12.2 Å². The van der Waals surface area contributed by atoms with Crippen molar-refractivity contribution < 1.29 is 14.3 Å². The fourth-order valence-electron chi connectivity index (χ4n) is 1.43. The van der Waals surface area contributed by atoms with Crippen molar-refractivity contribution in [2.75, 3.05) is 19.1 Å². The predicted molar refractivity (Wildman–Crippen MR) is 74.4 cm³/mol. The Kier molecular flexibility index (Phi) is 8.83. The third kappa shape index (κ3) is 5.73. The van der Waals surface area contributed by atoms with Crippen LogP contribution in [0.3, 0.4) is 0 Å². The van der Waals surface area contributed by atoms with Crippen molar-refractivity contribution in [2.45, 2.75) is 38.8 Å². The van der Waals surface area contributed by atoms with Gasteiger partial charge in [-0.25, -0.2) is 4.79 Å². The number of thioether (sulfide) groups is 1. The van der Waals surface area contributed by atoms with Crippen LogP contribution in [0.4, 0.5) is 0 Å². The molecule has 3 atom stereocenters. The zero-order chi connectivity index (χ0) is 14.1. The summed E-state index contributed by atoms with van der Waals surface area (Å²) in [5.74, 6) is 0.129. The van der Waals surface area contributed by atoms with Gasteiger partial charge in [-0.3, -0.25) is 4.79 Å². The molecular weight excluding hydrogens is 252 g/mol. The second kappa shape index (κ2) is 9.22. The molecule has 0 heterocycles. The van der Waals surface area contributed by atoms with E-state index < -0.39 is 18.1 Å². The number of esters is 1. The molecule has 0 saturated carbocycles. The number of nitrogens with one attached hydrogen (secondary N) is 1. The van der Waals surface area contributed by atoms with Crippen LogP contribution in [-0.2, 0) is 14.3 Å². The van der Waals surface area contributed by atoms with E-state index in [4.69, 9.17) is 10.5 Å². The Balaban J connectivity index is 4.48. The van der Waals surface area contributed by atoms with Crippen LogP contribution in [0.1, 0.15) is 26.7 Å². The Morgan fingerprint density at radius 3 is 2.50 bits per heavy atom. The number of methoxy groups -OCH3 is 1. The molecule has 0 radical (unpaired) electrons. The third-order valence-corrected chi connectivity index (χ3v) is 3.58. The number of nitrogens with two attached hydrogens (primary N) is 1. The topological polar surface area (TPSA) is 81.4 Å². The summed E-state index contributed by atoms with van der Waals surface area (Å²) in [7, 11) is 1.32. The van der Waals surface area contributed by atoms with Crippen molar-refractivity contribution >= 4 is 23.6 Å². The summed E-state index contributed by atoms with van der Waals surface area (Å²) in [6, 6.07) is -1.19. The van der Waals surface area contributed by atoms with E-state index in [9.17, 15) is 9.59 Å². The van der Waals surface area contributed by atoms with Crippen molar-refractivity contribution in [1.29, 1.82) is 0 Å². The second-order valence-electron chi connectivity index (χ2n) is 4.28. The standard InChI is InChI=1S/C12H24N2O3S/c1-5-8(2)10(12(16)17-3)14-11(15)9(13)6-7-18-4/h8-10H,5-7,13H2,1-4H3,(H,14,15). The largest absolute Gasteiger partial charge is 0.467 e. The lowest BCUT2D eigenvalue weighted by molar-refractivity contribution is -0.146. The molecular formula is C12H24N2O3S. The molecule has 0 aromatic rings. The Morgan fingerprint density at radius 2 is 2.06 bits per heavy atom. The third-order valence-electron chi connectivity index (χ3n) is 2.94. The lowest BCUT2D eigenvalue weighted by Crippen LogP contribution is -2.51. The highest BCUT2D eigenvalue weighted by molar-refractivity contribution is 7.98. The Hall–Kier alpha value is -0.750. The minimum Gasteiger partial charge on any atom is -0.467 e. The number of carbonyl (C=O) groups excluding carboxylic acids is 2. The molecule has 0 aromatic carbocycles. The molecule has 0 aliphatic rings. The van der Waals surface area contributed by atoms with Crippen LogP contribution < -0.4 is 11.1 Å². The molecule has 18 heavy (non-hydrogen) atoms. The van der Waals surface area contributed by atoms with Crippen LogP contribution in [0.5, 0.6) is 0 Å². The van der Waals surface area contributed by atoms with Gasteiger partial charge in [0, 0.05) is 0 Å². The molecule has 0 aromatic heterocycles. The summed E-state index contributed by atoms with van der Waals surface area (Å²) >= 11 is 1.64. The van der Waals surface area contributed by atoms with Gasteiger partial charge in [-0.15, -0.1) is 0 Å². The molecule has 0 spiro atoms. The van der Waals surface area contributed by atoms with Gasteiger partial charge >= 0.3 is 5.97 Å². The minimum absolute atomic E-state index is 0.0224. The quantitative estimate of drug-likeness (QED) is 0.640. The molecule has 0 fully saturated rings. The molecule has 5 nitrogen and oxygen atoms in total. The minimum atomic E-state index is -0.618. The maximum atomic E-state index is 11.8. The summed E-state index contributed by atoms with van der Waals surface area (Å²) in [6.07, 6.45) is 3.34. The molecule has 106 valence electrons. The molecule has 0 aliphatic heterocycles. The molecule has 6 heteroatoms.